The van der Waals surface area contributed by atoms with Gasteiger partial charge in [-0.2, -0.15) is 0 Å². The van der Waals surface area contributed by atoms with Gasteiger partial charge in [0.1, 0.15) is 28.1 Å². The third-order valence-electron chi connectivity index (χ3n) is 4.04. The molecule has 0 spiro atoms. The average molecular weight is 448 g/mol. The number of aryl methyl sites for hydroxylation is 1. The fourth-order valence-electron chi connectivity index (χ4n) is 2.57. The molecular weight excluding hydrogens is 429 g/mol. The van der Waals surface area contributed by atoms with Gasteiger partial charge in [-0.15, -0.1) is 11.3 Å². The fourth-order valence-corrected chi connectivity index (χ4v) is 3.59. The minimum atomic E-state index is -0.590. The predicted octanol–water partition coefficient (Wildman–Crippen LogP) is 3.98. The molecule has 1 aromatic heterocycles. The third kappa shape index (κ3) is 5.77. The summed E-state index contributed by atoms with van der Waals surface area (Å²) in [5, 5.41) is 6.58. The molecule has 0 aliphatic carbocycles. The average Bonchev–Trinajstić information content (AvgIpc) is 3.11. The number of rotatable bonds is 8. The van der Waals surface area contributed by atoms with Crippen LogP contribution in [-0.4, -0.2) is 29.9 Å². The van der Waals surface area contributed by atoms with Crippen LogP contribution in [0.25, 0.3) is 0 Å². The maximum absolute atomic E-state index is 13.6. The van der Waals surface area contributed by atoms with Crippen LogP contribution in [0.15, 0.2) is 48.5 Å². The van der Waals surface area contributed by atoms with Crippen molar-refractivity contribution in [2.45, 2.75) is 13.5 Å². The lowest BCUT2D eigenvalue weighted by atomic mass is 10.2. The van der Waals surface area contributed by atoms with Crippen molar-refractivity contribution in [2.75, 3.05) is 13.1 Å². The van der Waals surface area contributed by atoms with Crippen LogP contribution in [0.1, 0.15) is 30.7 Å². The van der Waals surface area contributed by atoms with Crippen molar-refractivity contribution >= 4 is 34.8 Å². The molecule has 3 rings (SSSR count). The summed E-state index contributed by atoms with van der Waals surface area (Å²) in [6, 6.07) is 12.7. The van der Waals surface area contributed by atoms with Crippen LogP contribution in [0.4, 0.5) is 4.39 Å². The minimum Gasteiger partial charge on any atom is -0.486 e. The lowest BCUT2D eigenvalue weighted by molar-refractivity contribution is 0.0927. The molecule has 2 aromatic carbocycles. The second kappa shape index (κ2) is 10.2. The molecule has 9 heteroatoms. The van der Waals surface area contributed by atoms with E-state index in [1.165, 1.54) is 29.5 Å². The van der Waals surface area contributed by atoms with Crippen molar-refractivity contribution in [1.29, 1.82) is 0 Å². The van der Waals surface area contributed by atoms with E-state index >= 15 is 0 Å². The highest BCUT2D eigenvalue weighted by Gasteiger charge is 2.16. The molecule has 2 amide bonds. The molecule has 0 radical (unpaired) electrons. The highest BCUT2D eigenvalue weighted by atomic mass is 35.5. The first-order valence-electron chi connectivity index (χ1n) is 9.09. The Morgan fingerprint density at radius 3 is 2.43 bits per heavy atom. The first-order valence-corrected chi connectivity index (χ1v) is 10.3. The Bertz CT molecular complexity index is 1040. The van der Waals surface area contributed by atoms with Crippen LogP contribution in [0.2, 0.25) is 5.02 Å². The minimum absolute atomic E-state index is 0.0348. The largest absolute Gasteiger partial charge is 0.486 e. The lowest BCUT2D eigenvalue weighted by Gasteiger charge is -2.07. The monoisotopic (exact) mass is 447 g/mol. The van der Waals surface area contributed by atoms with Gasteiger partial charge in [0.15, 0.2) is 0 Å². The Balaban J connectivity index is 1.46. The maximum Gasteiger partial charge on any atom is 0.263 e. The maximum atomic E-state index is 13.6. The van der Waals surface area contributed by atoms with Gasteiger partial charge in [0.25, 0.3) is 11.8 Å². The molecule has 2 N–H and O–H groups in total. The molecular formula is C21H19ClFN3O3S. The van der Waals surface area contributed by atoms with E-state index in [1.54, 1.807) is 37.3 Å². The Labute approximate surface area is 182 Å². The van der Waals surface area contributed by atoms with E-state index in [2.05, 4.69) is 15.6 Å². The molecule has 1 heterocycles. The molecule has 0 saturated heterocycles. The van der Waals surface area contributed by atoms with Gasteiger partial charge in [-0.1, -0.05) is 23.7 Å². The molecule has 30 heavy (non-hydrogen) atoms. The van der Waals surface area contributed by atoms with Crippen LogP contribution in [0, 0.1) is 12.7 Å². The number of aromatic nitrogens is 1. The molecule has 0 aliphatic rings. The summed E-state index contributed by atoms with van der Waals surface area (Å²) in [5.74, 6) is -0.752. The highest BCUT2D eigenvalue weighted by Crippen LogP contribution is 2.21. The smallest absolute Gasteiger partial charge is 0.263 e. The van der Waals surface area contributed by atoms with Crippen molar-refractivity contribution in [2.24, 2.45) is 0 Å². The number of benzene rings is 2. The quantitative estimate of drug-likeness (QED) is 0.512. The summed E-state index contributed by atoms with van der Waals surface area (Å²) < 4.78 is 19.2. The van der Waals surface area contributed by atoms with Gasteiger partial charge in [0.2, 0.25) is 0 Å². The van der Waals surface area contributed by atoms with Gasteiger partial charge in [-0.25, -0.2) is 9.37 Å². The van der Waals surface area contributed by atoms with E-state index < -0.39 is 11.7 Å². The van der Waals surface area contributed by atoms with E-state index in [4.69, 9.17) is 16.3 Å². The first kappa shape index (κ1) is 21.7. The van der Waals surface area contributed by atoms with Crippen LogP contribution < -0.4 is 15.4 Å². The second-order valence-corrected chi connectivity index (χ2v) is 7.78. The molecule has 0 unspecified atom stereocenters. The van der Waals surface area contributed by atoms with Gasteiger partial charge in [-0.05, 0) is 43.3 Å². The number of halogens is 2. The summed E-state index contributed by atoms with van der Waals surface area (Å²) in [4.78, 5) is 29.2. The fraction of sp³-hybridized carbons (Fsp3) is 0.190. The summed E-state index contributed by atoms with van der Waals surface area (Å²) in [5.41, 5.74) is 0.565. The zero-order valence-corrected chi connectivity index (χ0v) is 17.6. The SMILES string of the molecule is Cc1nc(COc2ccc(Cl)cc2)sc1C(=O)NCCNC(=O)c1ccccc1F. The third-order valence-corrected chi connectivity index (χ3v) is 5.42. The van der Waals surface area contributed by atoms with E-state index in [1.807, 2.05) is 0 Å². The number of nitrogens with one attached hydrogen (secondary N) is 2. The summed E-state index contributed by atoms with van der Waals surface area (Å²) in [6.07, 6.45) is 0. The molecule has 0 atom stereocenters. The Morgan fingerprint density at radius 2 is 1.73 bits per heavy atom. The Kier molecular flexibility index (Phi) is 7.37. The molecule has 156 valence electrons. The van der Waals surface area contributed by atoms with Crippen molar-refractivity contribution in [3.8, 4) is 5.75 Å². The van der Waals surface area contributed by atoms with Gasteiger partial charge < -0.3 is 15.4 Å². The van der Waals surface area contributed by atoms with Crippen molar-refractivity contribution in [3.63, 3.8) is 0 Å². The number of carbonyl (C=O) groups is 2. The zero-order valence-electron chi connectivity index (χ0n) is 16.1. The second-order valence-electron chi connectivity index (χ2n) is 6.26. The van der Waals surface area contributed by atoms with Crippen molar-refractivity contribution in [1.82, 2.24) is 15.6 Å². The van der Waals surface area contributed by atoms with E-state index in [-0.39, 0.29) is 31.2 Å². The molecule has 6 nitrogen and oxygen atoms in total. The van der Waals surface area contributed by atoms with Crippen LogP contribution >= 0.6 is 22.9 Å². The van der Waals surface area contributed by atoms with Gasteiger partial charge in [0.05, 0.1) is 11.3 Å². The Hall–Kier alpha value is -2.97. The highest BCUT2D eigenvalue weighted by molar-refractivity contribution is 7.13. The van der Waals surface area contributed by atoms with Gasteiger partial charge in [0, 0.05) is 18.1 Å². The van der Waals surface area contributed by atoms with Crippen molar-refractivity contribution < 1.29 is 18.7 Å². The summed E-state index contributed by atoms with van der Waals surface area (Å²) in [7, 11) is 0. The number of thiazole rings is 1. The van der Waals surface area contributed by atoms with Crippen LogP contribution in [0.5, 0.6) is 5.75 Å². The predicted molar refractivity (Wildman–Crippen MR) is 114 cm³/mol. The Morgan fingerprint density at radius 1 is 1.07 bits per heavy atom. The van der Waals surface area contributed by atoms with Crippen LogP contribution in [-0.2, 0) is 6.61 Å². The number of carbonyl (C=O) groups excluding carboxylic acids is 2. The molecule has 3 aromatic rings. The van der Waals surface area contributed by atoms with Gasteiger partial charge >= 0.3 is 0 Å². The number of ether oxygens (including phenoxy) is 1. The normalized spacial score (nSPS) is 10.5. The van der Waals surface area contributed by atoms with Gasteiger partial charge in [-0.3, -0.25) is 9.59 Å². The van der Waals surface area contributed by atoms with E-state index in [9.17, 15) is 14.0 Å². The number of nitrogens with zero attached hydrogens (tertiary/aromatic N) is 1. The molecule has 0 bridgehead atoms. The van der Waals surface area contributed by atoms with Crippen molar-refractivity contribution in [3.05, 3.63) is 80.5 Å². The number of hydrogen-bond acceptors (Lipinski definition) is 5. The standard InChI is InChI=1S/C21H19ClFN3O3S/c1-13-19(30-18(26-13)12-29-15-8-6-14(22)7-9-15)21(28)25-11-10-24-20(27)16-4-2-3-5-17(16)23/h2-9H,10-12H2,1H3,(H,24,27)(H,25,28). The van der Waals surface area contributed by atoms with Crippen LogP contribution in [0.3, 0.4) is 0 Å². The first-order chi connectivity index (χ1) is 14.4. The summed E-state index contributed by atoms with van der Waals surface area (Å²) >= 11 is 7.09. The van der Waals surface area contributed by atoms with E-state index in [0.717, 1.165) is 0 Å². The number of hydrogen-bond donors (Lipinski definition) is 2. The molecule has 0 aliphatic heterocycles. The topological polar surface area (TPSA) is 80.3 Å². The van der Waals surface area contributed by atoms with E-state index in [0.29, 0.717) is 26.4 Å². The molecule has 0 fully saturated rings. The molecule has 0 saturated carbocycles. The zero-order chi connectivity index (χ0) is 21.5. The lowest BCUT2D eigenvalue weighted by Crippen LogP contribution is -2.34. The number of amides is 2. The summed E-state index contributed by atoms with van der Waals surface area (Å²) in [6.45, 7) is 2.35.